The molecule has 3 aromatic rings. The first-order valence-corrected chi connectivity index (χ1v) is 10.6. The van der Waals surface area contributed by atoms with E-state index in [1.807, 2.05) is 41.3 Å². The topological polar surface area (TPSA) is 78.1 Å². The molecule has 1 fully saturated rings. The Hall–Kier alpha value is -3.15. The van der Waals surface area contributed by atoms with Gasteiger partial charge < -0.3 is 15.2 Å². The minimum absolute atomic E-state index is 0.0124. The number of rotatable bonds is 5. The van der Waals surface area contributed by atoms with E-state index in [-0.39, 0.29) is 11.8 Å². The molecular weight excluding hydrogens is 376 g/mol. The number of nitrogens with zero attached hydrogens (tertiary/aromatic N) is 2. The van der Waals surface area contributed by atoms with E-state index in [2.05, 4.69) is 29.1 Å². The minimum atomic E-state index is -0.129. The summed E-state index contributed by atoms with van der Waals surface area (Å²) in [5.74, 6) is 1.62. The molecule has 6 heteroatoms. The number of benzene rings is 2. The van der Waals surface area contributed by atoms with Crippen molar-refractivity contribution in [2.75, 3.05) is 18.4 Å². The Morgan fingerprint density at radius 1 is 1.07 bits per heavy atom. The van der Waals surface area contributed by atoms with Crippen LogP contribution in [0.1, 0.15) is 42.9 Å². The van der Waals surface area contributed by atoms with Crippen LogP contribution in [0.15, 0.2) is 48.5 Å². The molecule has 1 aliphatic rings. The van der Waals surface area contributed by atoms with Crippen molar-refractivity contribution in [3.63, 3.8) is 0 Å². The fourth-order valence-corrected chi connectivity index (χ4v) is 4.35. The van der Waals surface area contributed by atoms with Gasteiger partial charge in [0.1, 0.15) is 5.82 Å². The van der Waals surface area contributed by atoms with Gasteiger partial charge in [0.25, 0.3) is 5.91 Å². The van der Waals surface area contributed by atoms with E-state index < -0.39 is 0 Å². The molecule has 2 N–H and O–H groups in total. The molecule has 2 unspecified atom stereocenters. The summed E-state index contributed by atoms with van der Waals surface area (Å²) in [6.45, 7) is 5.89. The maximum absolute atomic E-state index is 13.1. The molecule has 0 radical (unpaired) electrons. The highest BCUT2D eigenvalue weighted by molar-refractivity contribution is 6.03. The van der Waals surface area contributed by atoms with E-state index in [0.717, 1.165) is 36.4 Å². The summed E-state index contributed by atoms with van der Waals surface area (Å²) in [6.07, 6.45) is 1.95. The summed E-state index contributed by atoms with van der Waals surface area (Å²) < 4.78 is 0. The van der Waals surface area contributed by atoms with Crippen molar-refractivity contribution in [1.29, 1.82) is 0 Å². The summed E-state index contributed by atoms with van der Waals surface area (Å²) in [7, 11) is 0. The predicted molar refractivity (Wildman–Crippen MR) is 118 cm³/mol. The number of imidazole rings is 1. The lowest BCUT2D eigenvalue weighted by molar-refractivity contribution is -0.116. The fourth-order valence-electron chi connectivity index (χ4n) is 4.35. The number of likely N-dealkylation sites (tertiary alicyclic amines) is 1. The van der Waals surface area contributed by atoms with Crippen molar-refractivity contribution < 1.29 is 9.59 Å². The molecule has 0 saturated carbocycles. The first-order valence-electron chi connectivity index (χ1n) is 10.6. The van der Waals surface area contributed by atoms with Crippen LogP contribution in [0.5, 0.6) is 0 Å². The molecule has 4 rings (SSSR count). The second-order valence-electron chi connectivity index (χ2n) is 8.45. The van der Waals surface area contributed by atoms with E-state index in [0.29, 0.717) is 35.9 Å². The summed E-state index contributed by atoms with van der Waals surface area (Å²) in [5.41, 5.74) is 2.99. The molecule has 0 spiro atoms. The normalized spacial score (nSPS) is 19.1. The number of hydrogen-bond donors (Lipinski definition) is 2. The van der Waals surface area contributed by atoms with E-state index in [4.69, 9.17) is 0 Å². The summed E-state index contributed by atoms with van der Waals surface area (Å²) in [5, 5.41) is 2.93. The van der Waals surface area contributed by atoms with Crippen LogP contribution in [-0.4, -0.2) is 39.8 Å². The Morgan fingerprint density at radius 3 is 2.53 bits per heavy atom. The van der Waals surface area contributed by atoms with Gasteiger partial charge in [-0.25, -0.2) is 4.98 Å². The zero-order valence-corrected chi connectivity index (χ0v) is 17.5. The number of amides is 2. The third-order valence-corrected chi connectivity index (χ3v) is 5.61. The molecule has 6 nitrogen and oxygen atoms in total. The Balaban J connectivity index is 1.41. The van der Waals surface area contributed by atoms with Gasteiger partial charge in [-0.2, -0.15) is 0 Å². The van der Waals surface area contributed by atoms with Gasteiger partial charge >= 0.3 is 0 Å². The maximum atomic E-state index is 13.1. The molecular formula is C24H28N4O2. The van der Waals surface area contributed by atoms with Crippen LogP contribution in [0.4, 0.5) is 5.69 Å². The zero-order chi connectivity index (χ0) is 21.1. The molecule has 2 heterocycles. The van der Waals surface area contributed by atoms with Crippen molar-refractivity contribution in [3.8, 4) is 0 Å². The van der Waals surface area contributed by atoms with Crippen LogP contribution in [0.3, 0.4) is 0 Å². The molecule has 0 bridgehead atoms. The van der Waals surface area contributed by atoms with Crippen LogP contribution < -0.4 is 5.32 Å². The van der Waals surface area contributed by atoms with Gasteiger partial charge in [-0.1, -0.05) is 38.1 Å². The largest absolute Gasteiger partial charge is 0.342 e. The van der Waals surface area contributed by atoms with Crippen LogP contribution in [0.2, 0.25) is 0 Å². The number of aromatic nitrogens is 2. The van der Waals surface area contributed by atoms with E-state index in [9.17, 15) is 9.59 Å². The van der Waals surface area contributed by atoms with Crippen LogP contribution in [0, 0.1) is 11.8 Å². The Morgan fingerprint density at radius 2 is 1.77 bits per heavy atom. The highest BCUT2D eigenvalue weighted by atomic mass is 16.2. The van der Waals surface area contributed by atoms with Gasteiger partial charge in [0, 0.05) is 25.9 Å². The highest BCUT2D eigenvalue weighted by Gasteiger charge is 2.27. The molecule has 156 valence electrons. The van der Waals surface area contributed by atoms with Gasteiger partial charge in [0.2, 0.25) is 5.91 Å². The second kappa shape index (κ2) is 8.69. The molecule has 1 aliphatic heterocycles. The number of aryl methyl sites for hydroxylation is 1. The number of H-pyrrole nitrogens is 1. The Bertz CT molecular complexity index is 1020. The number of carbonyl (C=O) groups excluding carboxylic acids is 2. The van der Waals surface area contributed by atoms with Crippen LogP contribution in [-0.2, 0) is 11.2 Å². The quantitative estimate of drug-likeness (QED) is 0.667. The molecule has 30 heavy (non-hydrogen) atoms. The number of piperidine rings is 1. The lowest BCUT2D eigenvalue weighted by atomic mass is 9.91. The van der Waals surface area contributed by atoms with Crippen molar-refractivity contribution >= 4 is 28.5 Å². The van der Waals surface area contributed by atoms with Crippen molar-refractivity contribution in [1.82, 2.24) is 14.9 Å². The SMILES string of the molecule is CC1CC(C)CN(C(=O)c2ccccc2NC(=O)CCc2nc3ccccc3[nH]2)C1. The van der Waals surface area contributed by atoms with Crippen molar-refractivity contribution in [2.24, 2.45) is 11.8 Å². The molecule has 0 aliphatic carbocycles. The van der Waals surface area contributed by atoms with Gasteiger partial charge in [-0.05, 0) is 42.5 Å². The van der Waals surface area contributed by atoms with Crippen LogP contribution >= 0.6 is 0 Å². The first-order chi connectivity index (χ1) is 14.5. The molecule has 2 atom stereocenters. The maximum Gasteiger partial charge on any atom is 0.255 e. The van der Waals surface area contributed by atoms with Gasteiger partial charge in [0.15, 0.2) is 0 Å². The highest BCUT2D eigenvalue weighted by Crippen LogP contribution is 2.25. The van der Waals surface area contributed by atoms with E-state index in [1.165, 1.54) is 0 Å². The zero-order valence-electron chi connectivity index (χ0n) is 17.5. The lowest BCUT2D eigenvalue weighted by Gasteiger charge is -2.35. The number of hydrogen-bond acceptors (Lipinski definition) is 3. The fraction of sp³-hybridized carbons (Fsp3) is 0.375. The van der Waals surface area contributed by atoms with E-state index >= 15 is 0 Å². The number of aromatic amines is 1. The van der Waals surface area contributed by atoms with Crippen molar-refractivity contribution in [3.05, 3.63) is 59.9 Å². The number of fused-ring (bicyclic) bond motifs is 1. The predicted octanol–water partition coefficient (Wildman–Crippen LogP) is 4.25. The van der Waals surface area contributed by atoms with Gasteiger partial charge in [-0.3, -0.25) is 9.59 Å². The van der Waals surface area contributed by atoms with Crippen LogP contribution in [0.25, 0.3) is 11.0 Å². The average molecular weight is 405 g/mol. The number of para-hydroxylation sites is 3. The van der Waals surface area contributed by atoms with Gasteiger partial charge in [-0.15, -0.1) is 0 Å². The Kier molecular flexibility index (Phi) is 5.84. The van der Waals surface area contributed by atoms with Gasteiger partial charge in [0.05, 0.1) is 22.3 Å². The number of carbonyl (C=O) groups is 2. The number of nitrogens with one attached hydrogen (secondary N) is 2. The lowest BCUT2D eigenvalue weighted by Crippen LogP contribution is -2.42. The average Bonchev–Trinajstić information content (AvgIpc) is 3.14. The summed E-state index contributed by atoms with van der Waals surface area (Å²) >= 11 is 0. The molecule has 1 saturated heterocycles. The summed E-state index contributed by atoms with van der Waals surface area (Å²) in [6, 6.07) is 15.1. The van der Waals surface area contributed by atoms with E-state index in [1.54, 1.807) is 12.1 Å². The number of anilines is 1. The minimum Gasteiger partial charge on any atom is -0.342 e. The molecule has 1 aromatic heterocycles. The monoisotopic (exact) mass is 404 g/mol. The Labute approximate surface area is 176 Å². The second-order valence-corrected chi connectivity index (χ2v) is 8.45. The molecule has 2 aromatic carbocycles. The standard InChI is InChI=1S/C24H28N4O2/c1-16-13-17(2)15-28(14-16)24(30)18-7-3-4-8-19(18)27-23(29)12-11-22-25-20-9-5-6-10-21(20)26-22/h3-10,16-17H,11-15H2,1-2H3,(H,25,26)(H,27,29). The first kappa shape index (κ1) is 20.1. The summed E-state index contributed by atoms with van der Waals surface area (Å²) in [4.78, 5) is 35.4. The smallest absolute Gasteiger partial charge is 0.255 e. The molecule has 2 amide bonds. The van der Waals surface area contributed by atoms with Crippen molar-refractivity contribution in [2.45, 2.75) is 33.1 Å². The third-order valence-electron chi connectivity index (χ3n) is 5.61. The third kappa shape index (κ3) is 4.53.